The Morgan fingerprint density at radius 2 is 1.93 bits per heavy atom. The van der Waals surface area contributed by atoms with E-state index in [1.807, 2.05) is 11.8 Å². The molecule has 0 aromatic rings. The Morgan fingerprint density at radius 1 is 1.33 bits per heavy atom. The number of unbranched alkanes of at least 4 members (excludes halogenated alkanes) is 1. The molecule has 15 heavy (non-hydrogen) atoms. The van der Waals surface area contributed by atoms with E-state index < -0.39 is 5.54 Å². The first-order valence-electron chi connectivity index (χ1n) is 5.71. The van der Waals surface area contributed by atoms with Crippen molar-refractivity contribution in [2.45, 2.75) is 57.7 Å². The summed E-state index contributed by atoms with van der Waals surface area (Å²) in [5, 5.41) is 9.46. The lowest BCUT2D eigenvalue weighted by Crippen LogP contribution is -2.33. The van der Waals surface area contributed by atoms with Crippen molar-refractivity contribution in [3.05, 3.63) is 0 Å². The molecule has 2 nitrogen and oxygen atoms in total. The van der Waals surface area contributed by atoms with Gasteiger partial charge in [0.1, 0.15) is 5.54 Å². The summed E-state index contributed by atoms with van der Waals surface area (Å²) in [6.07, 6.45) is 3.02. The summed E-state index contributed by atoms with van der Waals surface area (Å²) in [6.45, 7) is 8.59. The van der Waals surface area contributed by atoms with Crippen LogP contribution in [0.25, 0.3) is 0 Å². The quantitative estimate of drug-likeness (QED) is 0.681. The lowest BCUT2D eigenvalue weighted by molar-refractivity contribution is 0.518. The zero-order valence-electron chi connectivity index (χ0n) is 10.4. The number of hydrogen-bond donors (Lipinski definition) is 1. The molecule has 0 heterocycles. The molecule has 0 fully saturated rings. The van der Waals surface area contributed by atoms with E-state index in [2.05, 4.69) is 26.8 Å². The average Bonchev–Trinajstić information content (AvgIpc) is 2.16. The zero-order valence-corrected chi connectivity index (χ0v) is 11.2. The second-order valence-corrected chi connectivity index (χ2v) is 6.29. The van der Waals surface area contributed by atoms with E-state index in [0.29, 0.717) is 0 Å². The van der Waals surface area contributed by atoms with Crippen LogP contribution >= 0.6 is 11.8 Å². The second kappa shape index (κ2) is 7.14. The van der Waals surface area contributed by atoms with Crippen molar-refractivity contribution in [3.63, 3.8) is 0 Å². The van der Waals surface area contributed by atoms with Crippen molar-refractivity contribution in [2.75, 3.05) is 5.75 Å². The standard InChI is InChI=1S/C12H24N2S/c1-10(2)11(3)15-8-6-5-7-12(4,14)9-13/h10-11H,5-8,14H2,1-4H3. The molecule has 0 aliphatic heterocycles. The molecule has 0 saturated carbocycles. The fourth-order valence-electron chi connectivity index (χ4n) is 1.11. The van der Waals surface area contributed by atoms with Crippen molar-refractivity contribution in [1.82, 2.24) is 0 Å². The number of rotatable bonds is 7. The lowest BCUT2D eigenvalue weighted by atomic mass is 9.99. The molecule has 0 aromatic carbocycles. The van der Waals surface area contributed by atoms with Gasteiger partial charge in [-0.05, 0) is 37.9 Å². The molecule has 2 N–H and O–H groups in total. The summed E-state index contributed by atoms with van der Waals surface area (Å²) in [5.41, 5.74) is 5.11. The van der Waals surface area contributed by atoms with Crippen molar-refractivity contribution in [2.24, 2.45) is 11.7 Å². The first kappa shape index (κ1) is 14.8. The van der Waals surface area contributed by atoms with Crippen LogP contribution < -0.4 is 5.73 Å². The second-order valence-electron chi connectivity index (χ2n) is 4.81. The van der Waals surface area contributed by atoms with Crippen LogP contribution in [0, 0.1) is 17.2 Å². The van der Waals surface area contributed by atoms with Gasteiger partial charge in [0.15, 0.2) is 0 Å². The Balaban J connectivity index is 3.45. The molecular formula is C12H24N2S. The Kier molecular flexibility index (Phi) is 7.04. The van der Waals surface area contributed by atoms with Gasteiger partial charge in [0.05, 0.1) is 6.07 Å². The SMILES string of the molecule is CC(C)C(C)SCCCCC(C)(N)C#N. The zero-order chi connectivity index (χ0) is 11.9. The molecule has 0 aliphatic rings. The van der Waals surface area contributed by atoms with Gasteiger partial charge in [-0.25, -0.2) is 0 Å². The molecule has 0 rings (SSSR count). The minimum Gasteiger partial charge on any atom is -0.314 e. The largest absolute Gasteiger partial charge is 0.314 e. The van der Waals surface area contributed by atoms with E-state index in [0.717, 1.165) is 30.4 Å². The van der Waals surface area contributed by atoms with Gasteiger partial charge in [0.25, 0.3) is 0 Å². The molecule has 0 bridgehead atoms. The molecule has 0 radical (unpaired) electrons. The van der Waals surface area contributed by atoms with Gasteiger partial charge in [0, 0.05) is 5.25 Å². The van der Waals surface area contributed by atoms with E-state index in [1.165, 1.54) is 5.75 Å². The van der Waals surface area contributed by atoms with Gasteiger partial charge in [-0.15, -0.1) is 0 Å². The first-order chi connectivity index (χ1) is 6.89. The third-order valence-electron chi connectivity index (χ3n) is 2.67. The number of thioether (sulfide) groups is 1. The smallest absolute Gasteiger partial charge is 0.101 e. The topological polar surface area (TPSA) is 49.8 Å². The number of nitrogens with zero attached hydrogens (tertiary/aromatic N) is 1. The van der Waals surface area contributed by atoms with Crippen LogP contribution in [0.3, 0.4) is 0 Å². The summed E-state index contributed by atoms with van der Waals surface area (Å²) >= 11 is 2.02. The van der Waals surface area contributed by atoms with Crippen LogP contribution in [-0.2, 0) is 0 Å². The summed E-state index contributed by atoms with van der Waals surface area (Å²) in [6, 6.07) is 2.13. The van der Waals surface area contributed by atoms with E-state index in [-0.39, 0.29) is 0 Å². The summed E-state index contributed by atoms with van der Waals surface area (Å²) in [4.78, 5) is 0. The van der Waals surface area contributed by atoms with Crippen molar-refractivity contribution in [1.29, 1.82) is 5.26 Å². The van der Waals surface area contributed by atoms with Gasteiger partial charge in [-0.1, -0.05) is 20.8 Å². The fraction of sp³-hybridized carbons (Fsp3) is 0.917. The predicted molar refractivity (Wildman–Crippen MR) is 68.8 cm³/mol. The van der Waals surface area contributed by atoms with Crippen LogP contribution in [0.4, 0.5) is 0 Å². The summed E-state index contributed by atoms with van der Waals surface area (Å²) < 4.78 is 0. The first-order valence-corrected chi connectivity index (χ1v) is 6.75. The third-order valence-corrected chi connectivity index (χ3v) is 4.26. The van der Waals surface area contributed by atoms with Gasteiger partial charge >= 0.3 is 0 Å². The van der Waals surface area contributed by atoms with Crippen molar-refractivity contribution < 1.29 is 0 Å². The van der Waals surface area contributed by atoms with Gasteiger partial charge in [-0.2, -0.15) is 17.0 Å². The Hall–Kier alpha value is -0.200. The molecule has 88 valence electrons. The van der Waals surface area contributed by atoms with Crippen LogP contribution in [-0.4, -0.2) is 16.5 Å². The van der Waals surface area contributed by atoms with Gasteiger partial charge in [0.2, 0.25) is 0 Å². The van der Waals surface area contributed by atoms with Crippen molar-refractivity contribution >= 4 is 11.8 Å². The minimum atomic E-state index is -0.631. The highest BCUT2D eigenvalue weighted by Crippen LogP contribution is 2.20. The normalized spacial score (nSPS) is 17.1. The summed E-state index contributed by atoms with van der Waals surface area (Å²) in [7, 11) is 0. The highest BCUT2D eigenvalue weighted by atomic mass is 32.2. The average molecular weight is 228 g/mol. The van der Waals surface area contributed by atoms with E-state index in [4.69, 9.17) is 11.0 Å². The van der Waals surface area contributed by atoms with E-state index in [1.54, 1.807) is 6.92 Å². The maximum atomic E-state index is 8.73. The summed E-state index contributed by atoms with van der Waals surface area (Å²) in [5.74, 6) is 1.93. The minimum absolute atomic E-state index is 0.631. The molecule has 3 heteroatoms. The molecular weight excluding hydrogens is 204 g/mol. The van der Waals surface area contributed by atoms with Crippen LogP contribution in [0.5, 0.6) is 0 Å². The van der Waals surface area contributed by atoms with E-state index in [9.17, 15) is 0 Å². The highest BCUT2D eigenvalue weighted by Gasteiger charge is 2.16. The molecule has 2 unspecified atom stereocenters. The Morgan fingerprint density at radius 3 is 2.40 bits per heavy atom. The third kappa shape index (κ3) is 7.70. The van der Waals surface area contributed by atoms with Crippen molar-refractivity contribution in [3.8, 4) is 6.07 Å². The maximum Gasteiger partial charge on any atom is 0.101 e. The molecule has 0 spiro atoms. The number of hydrogen-bond acceptors (Lipinski definition) is 3. The van der Waals surface area contributed by atoms with E-state index >= 15 is 0 Å². The molecule has 0 aliphatic carbocycles. The molecule has 0 amide bonds. The maximum absolute atomic E-state index is 8.73. The Labute approximate surface area is 98.6 Å². The Bertz CT molecular complexity index is 206. The van der Waals surface area contributed by atoms with Gasteiger partial charge < -0.3 is 5.73 Å². The highest BCUT2D eigenvalue weighted by molar-refractivity contribution is 7.99. The van der Waals surface area contributed by atoms with Crippen LogP contribution in [0.2, 0.25) is 0 Å². The van der Waals surface area contributed by atoms with Gasteiger partial charge in [-0.3, -0.25) is 0 Å². The van der Waals surface area contributed by atoms with Crippen LogP contribution in [0.15, 0.2) is 0 Å². The number of nitriles is 1. The number of nitrogens with two attached hydrogens (primary N) is 1. The van der Waals surface area contributed by atoms with Crippen LogP contribution in [0.1, 0.15) is 47.0 Å². The fourth-order valence-corrected chi connectivity index (χ4v) is 2.24. The molecule has 0 aromatic heterocycles. The molecule has 2 atom stereocenters. The predicted octanol–water partition coefficient (Wildman–Crippen LogP) is 3.18. The monoisotopic (exact) mass is 228 g/mol. The lowest BCUT2D eigenvalue weighted by Gasteiger charge is -2.16. The molecule has 0 saturated heterocycles.